The number of benzene rings is 1. The Morgan fingerprint density at radius 1 is 1.47 bits per heavy atom. The van der Waals surface area contributed by atoms with Crippen LogP contribution in [-0.2, 0) is 6.54 Å². The summed E-state index contributed by atoms with van der Waals surface area (Å²) in [5, 5.41) is 14.1. The fourth-order valence-electron chi connectivity index (χ4n) is 1.70. The molecule has 0 spiro atoms. The average molecular weight is 233 g/mol. The van der Waals surface area contributed by atoms with E-state index in [1.807, 2.05) is 20.2 Å². The maximum Gasteiger partial charge on any atom is 0.336 e. The number of likely N-dealkylation sites (N-methyl/N-ethyl adjacent to an activating group) is 1. The van der Waals surface area contributed by atoms with Crippen LogP contribution >= 0.6 is 0 Å². The van der Waals surface area contributed by atoms with E-state index in [4.69, 9.17) is 5.11 Å². The molecule has 1 N–H and O–H groups in total. The maximum absolute atomic E-state index is 11.0. The topological polar surface area (TPSA) is 58.4 Å². The monoisotopic (exact) mass is 233 g/mol. The molecule has 0 aliphatic rings. The molecule has 0 unspecified atom stereocenters. The van der Waals surface area contributed by atoms with Crippen LogP contribution in [0.1, 0.15) is 10.4 Å². The van der Waals surface area contributed by atoms with E-state index in [1.165, 1.54) is 0 Å². The van der Waals surface area contributed by atoms with E-state index in [2.05, 4.69) is 10.00 Å². The minimum atomic E-state index is -0.914. The number of hydrogen-bond acceptors (Lipinski definition) is 3. The minimum absolute atomic E-state index is 0.304. The number of aromatic nitrogens is 2. The predicted octanol–water partition coefficient (Wildman–Crippen LogP) is 1.30. The van der Waals surface area contributed by atoms with Crippen molar-refractivity contribution in [2.45, 2.75) is 6.54 Å². The Bertz CT molecular complexity index is 546. The van der Waals surface area contributed by atoms with Crippen LogP contribution in [0.5, 0.6) is 0 Å². The van der Waals surface area contributed by atoms with Crippen LogP contribution in [0.3, 0.4) is 0 Å². The van der Waals surface area contributed by atoms with Gasteiger partial charge in [-0.3, -0.25) is 4.68 Å². The van der Waals surface area contributed by atoms with Crippen molar-refractivity contribution in [3.8, 4) is 0 Å². The van der Waals surface area contributed by atoms with Gasteiger partial charge in [0.25, 0.3) is 0 Å². The highest BCUT2D eigenvalue weighted by atomic mass is 16.4. The summed E-state index contributed by atoms with van der Waals surface area (Å²) in [6.45, 7) is 1.62. The third kappa shape index (κ3) is 2.45. The van der Waals surface area contributed by atoms with Gasteiger partial charge in [0.1, 0.15) is 0 Å². The first-order chi connectivity index (χ1) is 8.08. The van der Waals surface area contributed by atoms with Crippen molar-refractivity contribution in [2.24, 2.45) is 0 Å². The summed E-state index contributed by atoms with van der Waals surface area (Å²) in [6, 6.07) is 5.14. The van der Waals surface area contributed by atoms with Gasteiger partial charge in [-0.05, 0) is 26.2 Å². The highest BCUT2D eigenvalue weighted by Gasteiger charge is 2.10. The molecule has 1 aromatic carbocycles. The molecule has 5 heteroatoms. The van der Waals surface area contributed by atoms with Gasteiger partial charge < -0.3 is 10.0 Å². The van der Waals surface area contributed by atoms with E-state index < -0.39 is 5.97 Å². The molecule has 0 amide bonds. The highest BCUT2D eigenvalue weighted by Crippen LogP contribution is 2.17. The summed E-state index contributed by atoms with van der Waals surface area (Å²) < 4.78 is 1.79. The Labute approximate surface area is 99.3 Å². The van der Waals surface area contributed by atoms with Crippen LogP contribution in [0.15, 0.2) is 24.4 Å². The lowest BCUT2D eigenvalue weighted by Gasteiger charge is -2.08. The van der Waals surface area contributed by atoms with Crippen LogP contribution in [0, 0.1) is 0 Å². The molecule has 0 fully saturated rings. The molecule has 0 saturated heterocycles. The highest BCUT2D eigenvalue weighted by molar-refractivity contribution is 6.02. The van der Waals surface area contributed by atoms with Gasteiger partial charge in [0, 0.05) is 18.1 Å². The van der Waals surface area contributed by atoms with Gasteiger partial charge >= 0.3 is 5.97 Å². The number of carboxylic acid groups (broad SMARTS) is 1. The largest absolute Gasteiger partial charge is 0.478 e. The van der Waals surface area contributed by atoms with Crippen molar-refractivity contribution in [1.29, 1.82) is 0 Å². The van der Waals surface area contributed by atoms with E-state index in [1.54, 1.807) is 23.0 Å². The number of aromatic carboxylic acids is 1. The van der Waals surface area contributed by atoms with Crippen molar-refractivity contribution in [1.82, 2.24) is 14.7 Å². The average Bonchev–Trinajstić information content (AvgIpc) is 2.68. The summed E-state index contributed by atoms with van der Waals surface area (Å²) in [6.07, 6.45) is 1.79. The molecule has 0 bridgehead atoms. The Morgan fingerprint density at radius 3 is 2.88 bits per heavy atom. The lowest BCUT2D eigenvalue weighted by Crippen LogP contribution is -2.18. The first kappa shape index (κ1) is 11.6. The number of carboxylic acids is 1. The summed E-state index contributed by atoms with van der Waals surface area (Å²) >= 11 is 0. The van der Waals surface area contributed by atoms with Gasteiger partial charge in [0.2, 0.25) is 0 Å². The van der Waals surface area contributed by atoms with Crippen LogP contribution in [-0.4, -0.2) is 46.4 Å². The Morgan fingerprint density at radius 2 is 2.24 bits per heavy atom. The third-order valence-electron chi connectivity index (χ3n) is 2.60. The van der Waals surface area contributed by atoms with E-state index >= 15 is 0 Å². The minimum Gasteiger partial charge on any atom is -0.478 e. The quantitative estimate of drug-likeness (QED) is 0.864. The van der Waals surface area contributed by atoms with E-state index in [9.17, 15) is 4.79 Å². The molecule has 1 heterocycles. The van der Waals surface area contributed by atoms with Crippen molar-refractivity contribution in [2.75, 3.05) is 20.6 Å². The van der Waals surface area contributed by atoms with Crippen molar-refractivity contribution >= 4 is 16.9 Å². The zero-order chi connectivity index (χ0) is 12.4. The van der Waals surface area contributed by atoms with Crippen molar-refractivity contribution in [3.63, 3.8) is 0 Å². The zero-order valence-electron chi connectivity index (χ0n) is 9.92. The second-order valence-electron chi connectivity index (χ2n) is 4.24. The van der Waals surface area contributed by atoms with Crippen LogP contribution in [0.2, 0.25) is 0 Å². The maximum atomic E-state index is 11.0. The lowest BCUT2D eigenvalue weighted by molar-refractivity contribution is 0.0699. The second kappa shape index (κ2) is 4.55. The summed E-state index contributed by atoms with van der Waals surface area (Å²) in [5.41, 5.74) is 1.03. The molecule has 0 atom stereocenters. The molecule has 2 rings (SSSR count). The van der Waals surface area contributed by atoms with E-state index in [-0.39, 0.29) is 0 Å². The predicted molar refractivity (Wildman–Crippen MR) is 65.2 cm³/mol. The number of rotatable bonds is 4. The van der Waals surface area contributed by atoms with Crippen LogP contribution in [0.4, 0.5) is 0 Å². The normalized spacial score (nSPS) is 11.2. The molecular formula is C12H15N3O2. The second-order valence-corrected chi connectivity index (χ2v) is 4.24. The first-order valence-corrected chi connectivity index (χ1v) is 5.42. The molecule has 0 saturated carbocycles. The molecule has 0 aliphatic heterocycles. The Kier molecular flexibility index (Phi) is 3.10. The molecular weight excluding hydrogens is 218 g/mol. The summed E-state index contributed by atoms with van der Waals surface area (Å²) in [5.74, 6) is -0.914. The Hall–Kier alpha value is -1.88. The van der Waals surface area contributed by atoms with Crippen LogP contribution < -0.4 is 0 Å². The number of fused-ring (bicyclic) bond motifs is 1. The fourth-order valence-corrected chi connectivity index (χ4v) is 1.70. The van der Waals surface area contributed by atoms with Crippen molar-refractivity contribution in [3.05, 3.63) is 30.0 Å². The lowest BCUT2D eigenvalue weighted by atomic mass is 10.1. The number of carbonyl (C=O) groups is 1. The molecule has 1 aromatic heterocycles. The summed E-state index contributed by atoms with van der Waals surface area (Å²) in [7, 11) is 3.98. The zero-order valence-corrected chi connectivity index (χ0v) is 9.92. The molecule has 0 radical (unpaired) electrons. The van der Waals surface area contributed by atoms with E-state index in [0.717, 1.165) is 18.6 Å². The standard InChI is InChI=1S/C12H15N3O2/c1-14(2)6-7-15-8-10-9(12(16)17)4-3-5-11(10)13-15/h3-5,8H,6-7H2,1-2H3,(H,16,17). The molecule has 2 aromatic rings. The fraction of sp³-hybridized carbons (Fsp3) is 0.333. The molecule has 0 aliphatic carbocycles. The molecule has 17 heavy (non-hydrogen) atoms. The molecule has 5 nitrogen and oxygen atoms in total. The van der Waals surface area contributed by atoms with Gasteiger partial charge in [-0.2, -0.15) is 5.10 Å². The van der Waals surface area contributed by atoms with Gasteiger partial charge in [0.15, 0.2) is 0 Å². The number of hydrogen-bond donors (Lipinski definition) is 1. The van der Waals surface area contributed by atoms with Gasteiger partial charge in [-0.25, -0.2) is 4.79 Å². The van der Waals surface area contributed by atoms with Gasteiger partial charge in [0.05, 0.1) is 17.6 Å². The summed E-state index contributed by atoms with van der Waals surface area (Å²) in [4.78, 5) is 13.1. The van der Waals surface area contributed by atoms with E-state index in [0.29, 0.717) is 10.9 Å². The molecule has 90 valence electrons. The Balaban J connectivity index is 2.36. The first-order valence-electron chi connectivity index (χ1n) is 5.42. The van der Waals surface area contributed by atoms with Gasteiger partial charge in [-0.15, -0.1) is 0 Å². The number of nitrogens with zero attached hydrogens (tertiary/aromatic N) is 3. The van der Waals surface area contributed by atoms with Crippen LogP contribution in [0.25, 0.3) is 10.9 Å². The van der Waals surface area contributed by atoms with Gasteiger partial charge in [-0.1, -0.05) is 6.07 Å². The third-order valence-corrected chi connectivity index (χ3v) is 2.60. The smallest absolute Gasteiger partial charge is 0.336 e. The van der Waals surface area contributed by atoms with Crippen molar-refractivity contribution < 1.29 is 9.90 Å². The SMILES string of the molecule is CN(C)CCn1cc2c(C(=O)O)cccc2n1.